The molecule has 2 aromatic rings. The summed E-state index contributed by atoms with van der Waals surface area (Å²) in [5.41, 5.74) is 0.0331. The van der Waals surface area contributed by atoms with Crippen LogP contribution < -0.4 is 24.8 Å². The Balaban J connectivity index is 2.20. The number of hydrogen-bond donors (Lipinski definition) is 2. The average Bonchev–Trinajstić information content (AvgIpc) is 2.68. The predicted octanol–water partition coefficient (Wildman–Crippen LogP) is 2.85. The Morgan fingerprint density at radius 1 is 0.893 bits per heavy atom. The third-order valence-electron chi connectivity index (χ3n) is 3.57. The monoisotopic (exact) mass is 409 g/mol. The van der Waals surface area contributed by atoms with Crippen LogP contribution in [0, 0.1) is 10.1 Å². The first-order chi connectivity index (χ1) is 13.3. The molecule has 0 radical (unpaired) electrons. The Hall–Kier alpha value is -3.53. The van der Waals surface area contributed by atoms with E-state index in [1.54, 1.807) is 0 Å². The number of rotatable bonds is 6. The minimum absolute atomic E-state index is 0.0288. The van der Waals surface area contributed by atoms with E-state index in [-0.39, 0.29) is 39.3 Å². The lowest BCUT2D eigenvalue weighted by Crippen LogP contribution is -2.29. The second-order valence-corrected chi connectivity index (χ2v) is 5.64. The Morgan fingerprint density at radius 3 is 1.96 bits per heavy atom. The number of carbonyl (C=O) groups is 2. The molecule has 0 fully saturated rings. The highest BCUT2D eigenvalue weighted by molar-refractivity contribution is 6.44. The standard InChI is InChI=1S/C17H16ClN3O7/c1-26-13-8-12(15(28-3)7-10(13)18)20-17(23)16(22)19-11-5-4-9(21(24)25)6-14(11)27-2/h4-8H,1-3H3,(H,19,22)(H,20,23). The van der Waals surface area contributed by atoms with Crippen molar-refractivity contribution in [2.45, 2.75) is 0 Å². The molecule has 11 heteroatoms. The molecule has 148 valence electrons. The molecule has 10 nitrogen and oxygen atoms in total. The smallest absolute Gasteiger partial charge is 0.314 e. The summed E-state index contributed by atoms with van der Waals surface area (Å²) in [5.74, 6) is -1.51. The van der Waals surface area contributed by atoms with E-state index in [2.05, 4.69) is 10.6 Å². The van der Waals surface area contributed by atoms with Crippen molar-refractivity contribution in [1.82, 2.24) is 0 Å². The molecule has 0 saturated carbocycles. The highest BCUT2D eigenvalue weighted by Gasteiger charge is 2.20. The van der Waals surface area contributed by atoms with Crippen LogP contribution in [-0.2, 0) is 9.59 Å². The first-order valence-corrected chi connectivity index (χ1v) is 8.04. The third-order valence-corrected chi connectivity index (χ3v) is 3.87. The molecule has 0 aliphatic rings. The topological polar surface area (TPSA) is 129 Å². The van der Waals surface area contributed by atoms with E-state index in [0.29, 0.717) is 0 Å². The number of nitrogens with zero attached hydrogens (tertiary/aromatic N) is 1. The first-order valence-electron chi connectivity index (χ1n) is 7.67. The predicted molar refractivity (Wildman–Crippen MR) is 101 cm³/mol. The minimum Gasteiger partial charge on any atom is -0.495 e. The van der Waals surface area contributed by atoms with Crippen molar-refractivity contribution >= 4 is 40.5 Å². The molecule has 2 N–H and O–H groups in total. The summed E-state index contributed by atoms with van der Waals surface area (Å²) in [6, 6.07) is 6.38. The molecule has 0 spiro atoms. The quantitative estimate of drug-likeness (QED) is 0.426. The summed E-state index contributed by atoms with van der Waals surface area (Å²) in [4.78, 5) is 34.7. The van der Waals surface area contributed by atoms with Gasteiger partial charge in [-0.3, -0.25) is 19.7 Å². The second kappa shape index (κ2) is 8.91. The van der Waals surface area contributed by atoms with E-state index in [1.807, 2.05) is 0 Å². The van der Waals surface area contributed by atoms with Gasteiger partial charge in [-0.2, -0.15) is 0 Å². The van der Waals surface area contributed by atoms with Gasteiger partial charge >= 0.3 is 11.8 Å². The van der Waals surface area contributed by atoms with Crippen LogP contribution in [0.15, 0.2) is 30.3 Å². The summed E-state index contributed by atoms with van der Waals surface area (Å²) in [6.07, 6.45) is 0. The van der Waals surface area contributed by atoms with Gasteiger partial charge in [0.1, 0.15) is 17.2 Å². The largest absolute Gasteiger partial charge is 0.495 e. The summed E-state index contributed by atoms with van der Waals surface area (Å²) in [6.45, 7) is 0. The molecule has 0 aromatic heterocycles. The van der Waals surface area contributed by atoms with E-state index in [9.17, 15) is 19.7 Å². The number of carbonyl (C=O) groups excluding carboxylic acids is 2. The molecular formula is C17H16ClN3O7. The summed E-state index contributed by atoms with van der Waals surface area (Å²) < 4.78 is 15.2. The maximum Gasteiger partial charge on any atom is 0.314 e. The number of non-ortho nitro benzene ring substituents is 1. The lowest BCUT2D eigenvalue weighted by atomic mass is 10.2. The normalized spacial score (nSPS) is 10.0. The molecule has 2 amide bonds. The van der Waals surface area contributed by atoms with Crippen molar-refractivity contribution in [2.24, 2.45) is 0 Å². The highest BCUT2D eigenvalue weighted by atomic mass is 35.5. The Morgan fingerprint density at radius 2 is 1.43 bits per heavy atom. The van der Waals surface area contributed by atoms with Crippen LogP contribution in [-0.4, -0.2) is 38.1 Å². The zero-order chi connectivity index (χ0) is 20.8. The van der Waals surface area contributed by atoms with Gasteiger partial charge < -0.3 is 24.8 Å². The number of benzene rings is 2. The number of amides is 2. The molecule has 0 heterocycles. The minimum atomic E-state index is -1.02. The lowest BCUT2D eigenvalue weighted by Gasteiger charge is -2.13. The molecule has 0 atom stereocenters. The number of halogens is 1. The van der Waals surface area contributed by atoms with Gasteiger partial charge in [0.05, 0.1) is 48.7 Å². The van der Waals surface area contributed by atoms with Crippen LogP contribution >= 0.6 is 11.6 Å². The molecular weight excluding hydrogens is 394 g/mol. The van der Waals surface area contributed by atoms with Crippen molar-refractivity contribution in [3.05, 3.63) is 45.5 Å². The number of nitro groups is 1. The maximum atomic E-state index is 12.2. The SMILES string of the molecule is COc1cc(NC(=O)C(=O)Nc2ccc([N+](=O)[O-])cc2OC)c(OC)cc1Cl. The number of ether oxygens (including phenoxy) is 3. The molecule has 0 saturated heterocycles. The Labute approximate surface area is 164 Å². The fourth-order valence-electron chi connectivity index (χ4n) is 2.21. The highest BCUT2D eigenvalue weighted by Crippen LogP contribution is 2.36. The van der Waals surface area contributed by atoms with Crippen LogP contribution in [0.25, 0.3) is 0 Å². The van der Waals surface area contributed by atoms with E-state index < -0.39 is 16.7 Å². The van der Waals surface area contributed by atoms with Crippen LogP contribution in [0.5, 0.6) is 17.2 Å². The van der Waals surface area contributed by atoms with Crippen molar-refractivity contribution < 1.29 is 28.7 Å². The number of nitro benzene ring substituents is 1. The van der Waals surface area contributed by atoms with Gasteiger partial charge in [0, 0.05) is 18.2 Å². The lowest BCUT2D eigenvalue weighted by molar-refractivity contribution is -0.384. The van der Waals surface area contributed by atoms with Gasteiger partial charge in [-0.1, -0.05) is 11.6 Å². The number of methoxy groups -OCH3 is 3. The van der Waals surface area contributed by atoms with E-state index in [4.69, 9.17) is 25.8 Å². The summed E-state index contributed by atoms with van der Waals surface area (Å²) >= 11 is 6.00. The Bertz CT molecular complexity index is 933. The average molecular weight is 410 g/mol. The first kappa shape index (κ1) is 20.8. The number of hydrogen-bond acceptors (Lipinski definition) is 7. The number of nitrogens with one attached hydrogen (secondary N) is 2. The molecule has 0 unspecified atom stereocenters. The molecule has 28 heavy (non-hydrogen) atoms. The van der Waals surface area contributed by atoms with Gasteiger partial charge in [-0.15, -0.1) is 0 Å². The van der Waals surface area contributed by atoms with E-state index in [1.165, 1.54) is 45.6 Å². The van der Waals surface area contributed by atoms with Crippen molar-refractivity contribution in [1.29, 1.82) is 0 Å². The fraction of sp³-hybridized carbons (Fsp3) is 0.176. The van der Waals surface area contributed by atoms with Crippen molar-refractivity contribution in [2.75, 3.05) is 32.0 Å². The zero-order valence-electron chi connectivity index (χ0n) is 15.1. The van der Waals surface area contributed by atoms with Gasteiger partial charge in [-0.25, -0.2) is 0 Å². The van der Waals surface area contributed by atoms with Gasteiger partial charge in [0.15, 0.2) is 0 Å². The van der Waals surface area contributed by atoms with Gasteiger partial charge in [0.25, 0.3) is 5.69 Å². The van der Waals surface area contributed by atoms with Gasteiger partial charge in [-0.05, 0) is 6.07 Å². The van der Waals surface area contributed by atoms with Crippen LogP contribution in [0.4, 0.5) is 17.1 Å². The fourth-order valence-corrected chi connectivity index (χ4v) is 2.44. The van der Waals surface area contributed by atoms with Crippen molar-refractivity contribution in [3.8, 4) is 17.2 Å². The van der Waals surface area contributed by atoms with Crippen LogP contribution in [0.3, 0.4) is 0 Å². The number of anilines is 2. The molecule has 2 rings (SSSR count). The van der Waals surface area contributed by atoms with Crippen LogP contribution in [0.1, 0.15) is 0 Å². The molecule has 0 aliphatic carbocycles. The summed E-state index contributed by atoms with van der Waals surface area (Å²) in [7, 11) is 4.04. The Kier molecular flexibility index (Phi) is 6.61. The van der Waals surface area contributed by atoms with E-state index >= 15 is 0 Å². The molecule has 0 aliphatic heterocycles. The van der Waals surface area contributed by atoms with E-state index in [0.717, 1.165) is 6.07 Å². The molecule has 2 aromatic carbocycles. The van der Waals surface area contributed by atoms with Crippen LogP contribution in [0.2, 0.25) is 5.02 Å². The second-order valence-electron chi connectivity index (χ2n) is 5.24. The maximum absolute atomic E-state index is 12.2. The molecule has 0 bridgehead atoms. The zero-order valence-corrected chi connectivity index (χ0v) is 15.8. The van der Waals surface area contributed by atoms with Crippen molar-refractivity contribution in [3.63, 3.8) is 0 Å². The summed E-state index contributed by atoms with van der Waals surface area (Å²) in [5, 5.41) is 15.8. The third kappa shape index (κ3) is 4.60. The van der Waals surface area contributed by atoms with Gasteiger partial charge in [0.2, 0.25) is 0 Å².